The number of anilines is 2. The first kappa shape index (κ1) is 13.9. The fourth-order valence-corrected chi connectivity index (χ4v) is 1.77. The number of nitrogens with two attached hydrogens (primary N) is 1. The van der Waals surface area contributed by atoms with E-state index in [0.29, 0.717) is 12.3 Å². The first-order valence-electron chi connectivity index (χ1n) is 6.04. The maximum atomic E-state index is 13.7. The van der Waals surface area contributed by atoms with Gasteiger partial charge in [-0.1, -0.05) is 0 Å². The zero-order chi connectivity index (χ0) is 14.7. The van der Waals surface area contributed by atoms with Gasteiger partial charge in [-0.25, -0.2) is 4.39 Å². The van der Waals surface area contributed by atoms with E-state index in [-0.39, 0.29) is 17.1 Å². The minimum absolute atomic E-state index is 0.144. The Labute approximate surface area is 115 Å². The van der Waals surface area contributed by atoms with Crippen molar-refractivity contribution < 1.29 is 13.9 Å². The molecule has 20 heavy (non-hydrogen) atoms. The smallest absolute Gasteiger partial charge is 0.276 e. The zero-order valence-corrected chi connectivity index (χ0v) is 11.2. The number of nitrogens with one attached hydrogen (secondary N) is 1. The molecule has 1 aromatic carbocycles. The zero-order valence-electron chi connectivity index (χ0n) is 11.2. The molecule has 0 unspecified atom stereocenters. The summed E-state index contributed by atoms with van der Waals surface area (Å²) in [5, 5.41) is 6.43. The third kappa shape index (κ3) is 2.71. The monoisotopic (exact) mass is 278 g/mol. The summed E-state index contributed by atoms with van der Waals surface area (Å²) in [6, 6.07) is 4.20. The van der Waals surface area contributed by atoms with Gasteiger partial charge in [0, 0.05) is 18.8 Å². The second-order valence-electron chi connectivity index (χ2n) is 4.10. The molecule has 0 fully saturated rings. The quantitative estimate of drug-likeness (QED) is 0.893. The van der Waals surface area contributed by atoms with E-state index >= 15 is 0 Å². The van der Waals surface area contributed by atoms with Crippen molar-refractivity contribution in [1.82, 2.24) is 9.78 Å². The maximum Gasteiger partial charge on any atom is 0.276 e. The van der Waals surface area contributed by atoms with Gasteiger partial charge in [0.2, 0.25) is 0 Å². The van der Waals surface area contributed by atoms with E-state index in [9.17, 15) is 9.18 Å². The van der Waals surface area contributed by atoms with Crippen molar-refractivity contribution in [2.75, 3.05) is 17.7 Å². The summed E-state index contributed by atoms with van der Waals surface area (Å²) in [6.45, 7) is 2.13. The van der Waals surface area contributed by atoms with E-state index < -0.39 is 11.7 Å². The Morgan fingerprint density at radius 3 is 2.85 bits per heavy atom. The molecule has 0 bridgehead atoms. The molecule has 6 nitrogen and oxygen atoms in total. The Balaban J connectivity index is 2.18. The van der Waals surface area contributed by atoms with Gasteiger partial charge in [-0.15, -0.1) is 0 Å². The van der Waals surface area contributed by atoms with Crippen LogP contribution in [0.5, 0.6) is 5.75 Å². The Hall–Kier alpha value is -2.57. The van der Waals surface area contributed by atoms with E-state index in [0.717, 1.165) is 0 Å². The summed E-state index contributed by atoms with van der Waals surface area (Å²) >= 11 is 0. The SMILES string of the molecule is CCOc1ccc(NC(=O)c2c(N)cnn2C)cc1F. The lowest BCUT2D eigenvalue weighted by molar-refractivity contribution is 0.101. The van der Waals surface area contributed by atoms with Gasteiger partial charge in [0.25, 0.3) is 5.91 Å². The average Bonchev–Trinajstić information content (AvgIpc) is 2.72. The number of ether oxygens (including phenoxy) is 1. The van der Waals surface area contributed by atoms with Crippen LogP contribution in [-0.4, -0.2) is 22.3 Å². The van der Waals surface area contributed by atoms with Crippen LogP contribution < -0.4 is 15.8 Å². The van der Waals surface area contributed by atoms with Crippen LogP contribution in [0.15, 0.2) is 24.4 Å². The number of hydrogen-bond acceptors (Lipinski definition) is 4. The van der Waals surface area contributed by atoms with Crippen molar-refractivity contribution in [3.63, 3.8) is 0 Å². The molecule has 0 atom stereocenters. The highest BCUT2D eigenvalue weighted by Crippen LogP contribution is 2.22. The normalized spacial score (nSPS) is 10.3. The van der Waals surface area contributed by atoms with Gasteiger partial charge >= 0.3 is 0 Å². The highest BCUT2D eigenvalue weighted by molar-refractivity contribution is 6.06. The summed E-state index contributed by atoms with van der Waals surface area (Å²) in [5.74, 6) is -0.848. The number of carbonyl (C=O) groups is 1. The molecule has 0 saturated heterocycles. The lowest BCUT2D eigenvalue weighted by Gasteiger charge is -2.09. The van der Waals surface area contributed by atoms with Gasteiger partial charge in [-0.05, 0) is 19.1 Å². The van der Waals surface area contributed by atoms with Crippen LogP contribution in [0, 0.1) is 5.82 Å². The van der Waals surface area contributed by atoms with Crippen LogP contribution in [0.3, 0.4) is 0 Å². The Bertz CT molecular complexity index is 620. The molecule has 0 aliphatic heterocycles. The third-order valence-electron chi connectivity index (χ3n) is 2.67. The van der Waals surface area contributed by atoms with E-state index in [1.54, 1.807) is 20.0 Å². The van der Waals surface area contributed by atoms with Gasteiger partial charge in [0.1, 0.15) is 5.69 Å². The molecule has 1 amide bonds. The van der Waals surface area contributed by atoms with Gasteiger partial charge in [-0.3, -0.25) is 9.48 Å². The molecule has 0 saturated carbocycles. The molecule has 2 aromatic rings. The molecule has 106 valence electrons. The van der Waals surface area contributed by atoms with Gasteiger partial charge in [0.05, 0.1) is 18.5 Å². The molecule has 2 rings (SSSR count). The van der Waals surface area contributed by atoms with Crippen LogP contribution in [0.4, 0.5) is 15.8 Å². The van der Waals surface area contributed by atoms with E-state index in [1.807, 2.05) is 0 Å². The van der Waals surface area contributed by atoms with E-state index in [4.69, 9.17) is 10.5 Å². The van der Waals surface area contributed by atoms with E-state index in [2.05, 4.69) is 10.4 Å². The number of halogens is 1. The van der Waals surface area contributed by atoms with Gasteiger partial charge in [-0.2, -0.15) is 5.10 Å². The largest absolute Gasteiger partial charge is 0.491 e. The standard InChI is InChI=1S/C13H15FN4O2/c1-3-20-11-5-4-8(6-9(11)14)17-13(19)12-10(15)7-16-18(12)2/h4-7H,3,15H2,1-2H3,(H,17,19). The number of aryl methyl sites for hydroxylation is 1. The topological polar surface area (TPSA) is 82.2 Å². The van der Waals surface area contributed by atoms with Gasteiger partial charge < -0.3 is 15.8 Å². The Kier molecular flexibility index (Phi) is 3.88. The molecule has 0 aliphatic carbocycles. The minimum Gasteiger partial charge on any atom is -0.491 e. The molecule has 3 N–H and O–H groups in total. The van der Waals surface area contributed by atoms with Crippen LogP contribution in [0.2, 0.25) is 0 Å². The number of carbonyl (C=O) groups excluding carboxylic acids is 1. The van der Waals surface area contributed by atoms with Crippen molar-refractivity contribution in [3.05, 3.63) is 35.9 Å². The first-order chi connectivity index (χ1) is 9.52. The lowest BCUT2D eigenvalue weighted by atomic mass is 10.2. The van der Waals surface area contributed by atoms with Crippen LogP contribution >= 0.6 is 0 Å². The Morgan fingerprint density at radius 2 is 2.30 bits per heavy atom. The molecule has 0 aliphatic rings. The number of amides is 1. The van der Waals surface area contributed by atoms with Crippen molar-refractivity contribution in [3.8, 4) is 5.75 Å². The molecular formula is C13H15FN4O2. The second kappa shape index (κ2) is 5.60. The van der Waals surface area contributed by atoms with Crippen molar-refractivity contribution in [2.24, 2.45) is 7.05 Å². The van der Waals surface area contributed by atoms with Crippen LogP contribution in [0.1, 0.15) is 17.4 Å². The predicted octanol–water partition coefficient (Wildman–Crippen LogP) is 1.79. The highest BCUT2D eigenvalue weighted by atomic mass is 19.1. The number of rotatable bonds is 4. The summed E-state index contributed by atoms with van der Waals surface area (Å²) in [4.78, 5) is 12.0. The summed E-state index contributed by atoms with van der Waals surface area (Å²) < 4.78 is 20.1. The maximum absolute atomic E-state index is 13.7. The number of hydrogen-bond donors (Lipinski definition) is 2. The van der Waals surface area contributed by atoms with Crippen LogP contribution in [0.25, 0.3) is 0 Å². The first-order valence-corrected chi connectivity index (χ1v) is 6.04. The van der Waals surface area contributed by atoms with E-state index in [1.165, 1.54) is 23.0 Å². The summed E-state index contributed by atoms with van der Waals surface area (Å²) in [6.07, 6.45) is 1.38. The molecule has 1 aromatic heterocycles. The van der Waals surface area contributed by atoms with Crippen molar-refractivity contribution in [2.45, 2.75) is 6.92 Å². The lowest BCUT2D eigenvalue weighted by Crippen LogP contribution is -2.17. The van der Waals surface area contributed by atoms with Gasteiger partial charge in [0.15, 0.2) is 11.6 Å². The second-order valence-corrected chi connectivity index (χ2v) is 4.10. The fraction of sp³-hybridized carbons (Fsp3) is 0.231. The minimum atomic E-state index is -0.539. The molecule has 1 heterocycles. The number of nitrogens with zero attached hydrogens (tertiary/aromatic N) is 2. The van der Waals surface area contributed by atoms with Crippen molar-refractivity contribution >= 4 is 17.3 Å². The number of benzene rings is 1. The number of aromatic nitrogens is 2. The van der Waals surface area contributed by atoms with Crippen molar-refractivity contribution in [1.29, 1.82) is 0 Å². The average molecular weight is 278 g/mol. The number of nitrogen functional groups attached to an aromatic ring is 1. The summed E-state index contributed by atoms with van der Waals surface area (Å²) in [5.41, 5.74) is 6.45. The molecular weight excluding hydrogens is 263 g/mol. The predicted molar refractivity (Wildman–Crippen MR) is 73.1 cm³/mol. The third-order valence-corrected chi connectivity index (χ3v) is 2.67. The van der Waals surface area contributed by atoms with Crippen LogP contribution in [-0.2, 0) is 7.05 Å². The molecule has 7 heteroatoms. The fourth-order valence-electron chi connectivity index (χ4n) is 1.77. The Morgan fingerprint density at radius 1 is 1.55 bits per heavy atom. The highest BCUT2D eigenvalue weighted by Gasteiger charge is 2.15. The molecule has 0 spiro atoms. The molecule has 0 radical (unpaired) electrons. The summed E-state index contributed by atoms with van der Waals surface area (Å²) in [7, 11) is 1.60.